The number of anilines is 1. The molecule has 0 radical (unpaired) electrons. The van der Waals surface area contributed by atoms with Crippen LogP contribution >= 0.6 is 0 Å². The van der Waals surface area contributed by atoms with E-state index in [0.717, 1.165) is 17.1 Å². The van der Waals surface area contributed by atoms with Crippen LogP contribution in [0.25, 0.3) is 11.0 Å². The average Bonchev–Trinajstić information content (AvgIpc) is 2.85. The zero-order chi connectivity index (χ0) is 14.3. The van der Waals surface area contributed by atoms with Gasteiger partial charge in [0.25, 0.3) is 0 Å². The van der Waals surface area contributed by atoms with Crippen LogP contribution < -0.4 is 5.73 Å². The number of benzene rings is 2. The number of nitrogens with two attached hydrogens (primary N) is 1. The highest BCUT2D eigenvalue weighted by Gasteiger charge is 2.27. The van der Waals surface area contributed by atoms with Crippen molar-refractivity contribution in [1.29, 1.82) is 0 Å². The smallest absolute Gasteiger partial charge is 0.151 e. The first-order valence-electron chi connectivity index (χ1n) is 6.49. The molecular weight excluding hydrogens is 253 g/mol. The van der Waals surface area contributed by atoms with E-state index in [9.17, 15) is 4.39 Å². The summed E-state index contributed by atoms with van der Waals surface area (Å²) in [6.07, 6.45) is 0. The Kier molecular flexibility index (Phi) is 2.74. The van der Waals surface area contributed by atoms with Crippen molar-refractivity contribution < 1.29 is 4.39 Å². The Morgan fingerprint density at radius 3 is 2.45 bits per heavy atom. The Morgan fingerprint density at radius 2 is 1.80 bits per heavy atom. The monoisotopic (exact) mass is 269 g/mol. The van der Waals surface area contributed by atoms with Gasteiger partial charge in [0.1, 0.15) is 11.3 Å². The Hall–Kier alpha value is -2.36. The summed E-state index contributed by atoms with van der Waals surface area (Å²) in [6.45, 7) is 4.10. The fourth-order valence-corrected chi connectivity index (χ4v) is 2.33. The molecule has 3 aromatic rings. The number of aromatic amines is 1. The molecule has 0 amide bonds. The van der Waals surface area contributed by atoms with Gasteiger partial charge in [-0.3, -0.25) is 0 Å². The second-order valence-electron chi connectivity index (χ2n) is 5.47. The molecule has 0 aliphatic rings. The zero-order valence-electron chi connectivity index (χ0n) is 11.4. The van der Waals surface area contributed by atoms with Gasteiger partial charge in [0.2, 0.25) is 0 Å². The molecule has 0 aliphatic carbocycles. The molecule has 3 nitrogen and oxygen atoms in total. The third-order valence-electron chi connectivity index (χ3n) is 3.69. The van der Waals surface area contributed by atoms with E-state index in [1.54, 1.807) is 6.07 Å². The topological polar surface area (TPSA) is 54.7 Å². The number of imidazole rings is 1. The number of fused-ring (bicyclic) bond motifs is 1. The quantitative estimate of drug-likeness (QED) is 0.698. The molecule has 0 saturated carbocycles. The van der Waals surface area contributed by atoms with Gasteiger partial charge in [-0.15, -0.1) is 0 Å². The molecule has 0 unspecified atom stereocenters. The van der Waals surface area contributed by atoms with Crippen molar-refractivity contribution >= 4 is 16.7 Å². The molecule has 4 heteroatoms. The van der Waals surface area contributed by atoms with Gasteiger partial charge in [-0.1, -0.05) is 18.2 Å². The highest BCUT2D eigenvalue weighted by molar-refractivity contribution is 5.76. The van der Waals surface area contributed by atoms with Gasteiger partial charge >= 0.3 is 0 Å². The lowest BCUT2D eigenvalue weighted by atomic mass is 9.84. The molecule has 0 spiro atoms. The van der Waals surface area contributed by atoms with E-state index in [1.807, 2.05) is 44.2 Å². The summed E-state index contributed by atoms with van der Waals surface area (Å²) < 4.78 is 13.7. The normalized spacial score (nSPS) is 11.9. The van der Waals surface area contributed by atoms with Gasteiger partial charge in [0.15, 0.2) is 5.82 Å². The number of hydrogen-bond acceptors (Lipinski definition) is 2. The summed E-state index contributed by atoms with van der Waals surface area (Å²) in [5.41, 5.74) is 8.26. The van der Waals surface area contributed by atoms with E-state index >= 15 is 0 Å². The predicted octanol–water partition coefficient (Wildman–Crippen LogP) is 3.61. The average molecular weight is 269 g/mol. The van der Waals surface area contributed by atoms with Gasteiger partial charge in [-0.05, 0) is 43.7 Å². The number of halogens is 1. The first kappa shape index (κ1) is 12.7. The lowest BCUT2D eigenvalue weighted by Crippen LogP contribution is -2.20. The fourth-order valence-electron chi connectivity index (χ4n) is 2.33. The van der Waals surface area contributed by atoms with E-state index in [4.69, 9.17) is 5.73 Å². The van der Waals surface area contributed by atoms with Crippen LogP contribution in [0.4, 0.5) is 10.1 Å². The van der Waals surface area contributed by atoms with Crippen LogP contribution in [0, 0.1) is 5.82 Å². The molecule has 2 aromatic carbocycles. The van der Waals surface area contributed by atoms with E-state index in [0.29, 0.717) is 11.0 Å². The van der Waals surface area contributed by atoms with Gasteiger partial charge in [0.05, 0.1) is 5.52 Å². The molecule has 0 aliphatic heterocycles. The Labute approximate surface area is 116 Å². The Balaban J connectivity index is 2.13. The lowest BCUT2D eigenvalue weighted by molar-refractivity contribution is 0.598. The van der Waals surface area contributed by atoms with Crippen LogP contribution in [-0.2, 0) is 5.41 Å². The molecule has 0 atom stereocenters. The number of nitrogens with one attached hydrogen (secondary N) is 1. The number of nitrogens with zero attached hydrogens (tertiary/aromatic N) is 1. The predicted molar refractivity (Wildman–Crippen MR) is 79.0 cm³/mol. The first-order valence-corrected chi connectivity index (χ1v) is 6.49. The molecule has 1 heterocycles. The summed E-state index contributed by atoms with van der Waals surface area (Å²) in [7, 11) is 0. The fraction of sp³-hybridized carbons (Fsp3) is 0.188. The number of hydrogen-bond donors (Lipinski definition) is 2. The standard InChI is InChI=1S/C16H16FN3/c1-16(2,10-6-8-11(18)9-7-10)15-19-13-5-3-4-12(17)14(13)20-15/h3-9H,18H2,1-2H3,(H,19,20). The van der Waals surface area contributed by atoms with Crippen molar-refractivity contribution in [2.45, 2.75) is 19.3 Å². The van der Waals surface area contributed by atoms with Crippen LogP contribution in [0.1, 0.15) is 25.2 Å². The summed E-state index contributed by atoms with van der Waals surface area (Å²) in [6, 6.07) is 12.6. The number of H-pyrrole nitrogens is 1. The number of rotatable bonds is 2. The zero-order valence-corrected chi connectivity index (χ0v) is 11.4. The molecule has 0 bridgehead atoms. The van der Waals surface area contributed by atoms with E-state index in [-0.39, 0.29) is 11.2 Å². The van der Waals surface area contributed by atoms with E-state index in [2.05, 4.69) is 9.97 Å². The first-order chi connectivity index (χ1) is 9.48. The lowest BCUT2D eigenvalue weighted by Gasteiger charge is -2.22. The van der Waals surface area contributed by atoms with Crippen LogP contribution in [-0.4, -0.2) is 9.97 Å². The molecule has 3 rings (SSSR count). The SMILES string of the molecule is CC(C)(c1ccc(N)cc1)c1nc2c(F)cccc2[nH]1. The van der Waals surface area contributed by atoms with Crippen LogP contribution in [0.5, 0.6) is 0 Å². The second kappa shape index (κ2) is 4.34. The van der Waals surface area contributed by atoms with Crippen molar-refractivity contribution in [3.05, 3.63) is 59.7 Å². The number of aromatic nitrogens is 2. The minimum absolute atomic E-state index is 0.307. The van der Waals surface area contributed by atoms with Crippen molar-refractivity contribution in [1.82, 2.24) is 9.97 Å². The molecule has 102 valence electrons. The maximum Gasteiger partial charge on any atom is 0.151 e. The largest absolute Gasteiger partial charge is 0.399 e. The molecule has 0 saturated heterocycles. The van der Waals surface area contributed by atoms with Crippen LogP contribution in [0.15, 0.2) is 42.5 Å². The van der Waals surface area contributed by atoms with Gasteiger partial charge in [0, 0.05) is 11.1 Å². The summed E-state index contributed by atoms with van der Waals surface area (Å²) in [5, 5.41) is 0. The van der Waals surface area contributed by atoms with Crippen molar-refractivity contribution in [2.75, 3.05) is 5.73 Å². The number of nitrogen functional groups attached to an aromatic ring is 1. The van der Waals surface area contributed by atoms with E-state index < -0.39 is 0 Å². The second-order valence-corrected chi connectivity index (χ2v) is 5.47. The highest BCUT2D eigenvalue weighted by atomic mass is 19.1. The third-order valence-corrected chi connectivity index (χ3v) is 3.69. The maximum atomic E-state index is 13.7. The van der Waals surface area contributed by atoms with Gasteiger partial charge in [-0.25, -0.2) is 9.37 Å². The molecule has 1 aromatic heterocycles. The summed E-state index contributed by atoms with van der Waals surface area (Å²) in [5.74, 6) is 0.431. The molecular formula is C16H16FN3. The molecule has 20 heavy (non-hydrogen) atoms. The molecule has 0 fully saturated rings. The third kappa shape index (κ3) is 1.93. The van der Waals surface area contributed by atoms with Crippen LogP contribution in [0.3, 0.4) is 0 Å². The van der Waals surface area contributed by atoms with Crippen molar-refractivity contribution in [3.8, 4) is 0 Å². The van der Waals surface area contributed by atoms with Crippen molar-refractivity contribution in [3.63, 3.8) is 0 Å². The minimum Gasteiger partial charge on any atom is -0.399 e. The Morgan fingerprint density at radius 1 is 1.10 bits per heavy atom. The van der Waals surface area contributed by atoms with Gasteiger partial charge < -0.3 is 10.7 Å². The Bertz CT molecular complexity index is 757. The maximum absolute atomic E-state index is 13.7. The summed E-state index contributed by atoms with van der Waals surface area (Å²) in [4.78, 5) is 7.63. The van der Waals surface area contributed by atoms with Crippen LogP contribution in [0.2, 0.25) is 0 Å². The van der Waals surface area contributed by atoms with Gasteiger partial charge in [-0.2, -0.15) is 0 Å². The summed E-state index contributed by atoms with van der Waals surface area (Å²) >= 11 is 0. The number of para-hydroxylation sites is 1. The minimum atomic E-state index is -0.348. The van der Waals surface area contributed by atoms with E-state index in [1.165, 1.54) is 6.07 Å². The highest BCUT2D eigenvalue weighted by Crippen LogP contribution is 2.31. The van der Waals surface area contributed by atoms with Crippen molar-refractivity contribution in [2.24, 2.45) is 0 Å². The molecule has 3 N–H and O–H groups in total.